The highest BCUT2D eigenvalue weighted by molar-refractivity contribution is 6.83. The topological polar surface area (TPSA) is 0 Å². The Bertz CT molecular complexity index is 97.8. The quantitative estimate of drug-likeness (QED) is 0.431. The fourth-order valence-electron chi connectivity index (χ4n) is 0.724. The van der Waals surface area contributed by atoms with Crippen LogP contribution >= 0.6 is 0 Å². The summed E-state index contributed by atoms with van der Waals surface area (Å²) in [6.07, 6.45) is 6.15. The first-order chi connectivity index (χ1) is 4.56. The van der Waals surface area contributed by atoms with Crippen LogP contribution in [-0.2, 0) is 0 Å². The lowest BCUT2D eigenvalue weighted by Gasteiger charge is -2.07. The first kappa shape index (κ1) is 9.96. The summed E-state index contributed by atoms with van der Waals surface area (Å²) in [7, 11) is -1.14. The van der Waals surface area contributed by atoms with E-state index in [1.165, 1.54) is 19.3 Å². The SMILES string of the molecule is [CH2][Si](C)(C)/C=C/CCCC. The molecule has 59 valence electrons. The third-order valence-corrected chi connectivity index (χ3v) is 2.43. The molecule has 0 aromatic rings. The smallest absolute Gasteiger partial charge is 0.0710 e. The zero-order valence-electron chi connectivity index (χ0n) is 7.48. The summed E-state index contributed by atoms with van der Waals surface area (Å²) in [4.78, 5) is 0. The highest BCUT2D eigenvalue weighted by atomic mass is 28.3. The maximum Gasteiger partial charge on any atom is 0.0710 e. The van der Waals surface area contributed by atoms with Gasteiger partial charge in [0.15, 0.2) is 0 Å². The van der Waals surface area contributed by atoms with Crippen molar-refractivity contribution in [3.63, 3.8) is 0 Å². The van der Waals surface area contributed by atoms with E-state index in [0.717, 1.165) is 0 Å². The summed E-state index contributed by atoms with van der Waals surface area (Å²) in [5.41, 5.74) is 2.32. The molecule has 0 amide bonds. The highest BCUT2D eigenvalue weighted by Gasteiger charge is 2.05. The van der Waals surface area contributed by atoms with Crippen molar-refractivity contribution in [2.45, 2.75) is 39.3 Å². The Morgan fingerprint density at radius 1 is 1.40 bits per heavy atom. The molecule has 0 aliphatic carbocycles. The minimum atomic E-state index is -1.14. The van der Waals surface area contributed by atoms with Crippen LogP contribution in [0.25, 0.3) is 0 Å². The van der Waals surface area contributed by atoms with Gasteiger partial charge in [0.25, 0.3) is 0 Å². The van der Waals surface area contributed by atoms with Gasteiger partial charge in [-0.05, 0) is 6.42 Å². The van der Waals surface area contributed by atoms with Crippen LogP contribution in [0.1, 0.15) is 26.2 Å². The maximum absolute atomic E-state index is 4.12. The van der Waals surface area contributed by atoms with Gasteiger partial charge < -0.3 is 0 Å². The van der Waals surface area contributed by atoms with Gasteiger partial charge in [0.2, 0.25) is 0 Å². The van der Waals surface area contributed by atoms with Crippen molar-refractivity contribution in [3.05, 3.63) is 18.3 Å². The number of allylic oxidation sites excluding steroid dienone is 1. The number of hydrogen-bond acceptors (Lipinski definition) is 0. The molecule has 0 N–H and O–H groups in total. The van der Waals surface area contributed by atoms with Crippen LogP contribution in [0.5, 0.6) is 0 Å². The maximum atomic E-state index is 4.12. The van der Waals surface area contributed by atoms with Crippen LogP contribution in [0.4, 0.5) is 0 Å². The minimum Gasteiger partial charge on any atom is -0.0987 e. The average molecular weight is 155 g/mol. The van der Waals surface area contributed by atoms with Crippen molar-refractivity contribution >= 4 is 8.07 Å². The molecule has 0 saturated heterocycles. The van der Waals surface area contributed by atoms with Crippen LogP contribution in [0, 0.1) is 6.55 Å². The second-order valence-corrected chi connectivity index (χ2v) is 7.84. The van der Waals surface area contributed by atoms with Gasteiger partial charge in [-0.1, -0.05) is 51.2 Å². The average Bonchev–Trinajstić information content (AvgIpc) is 1.78. The Labute approximate surface area is 66.4 Å². The van der Waals surface area contributed by atoms with Gasteiger partial charge >= 0.3 is 0 Å². The predicted octanol–water partition coefficient (Wildman–Crippen LogP) is 3.35. The normalized spacial score (nSPS) is 12.8. The minimum absolute atomic E-state index is 1.14. The molecule has 1 radical (unpaired) electrons. The van der Waals surface area contributed by atoms with E-state index < -0.39 is 8.07 Å². The first-order valence-electron chi connectivity index (χ1n) is 4.09. The summed E-state index contributed by atoms with van der Waals surface area (Å²) < 4.78 is 0. The van der Waals surface area contributed by atoms with E-state index in [0.29, 0.717) is 0 Å². The van der Waals surface area contributed by atoms with Crippen molar-refractivity contribution < 1.29 is 0 Å². The second-order valence-electron chi connectivity index (χ2n) is 3.53. The van der Waals surface area contributed by atoms with Crippen molar-refractivity contribution in [2.24, 2.45) is 0 Å². The summed E-state index contributed by atoms with van der Waals surface area (Å²) in [6, 6.07) is 0. The fourth-order valence-corrected chi connectivity index (χ4v) is 1.53. The third-order valence-electron chi connectivity index (χ3n) is 1.29. The Hall–Kier alpha value is -0.0431. The lowest BCUT2D eigenvalue weighted by molar-refractivity contribution is 0.815. The summed E-state index contributed by atoms with van der Waals surface area (Å²) in [6.45, 7) is 10.9. The van der Waals surface area contributed by atoms with Gasteiger partial charge in [0, 0.05) is 0 Å². The van der Waals surface area contributed by atoms with Crippen LogP contribution in [0.15, 0.2) is 11.8 Å². The van der Waals surface area contributed by atoms with Crippen LogP contribution in [0.3, 0.4) is 0 Å². The molecule has 0 aliphatic rings. The molecule has 1 heteroatoms. The molecule has 0 spiro atoms. The van der Waals surface area contributed by atoms with Crippen LogP contribution in [-0.4, -0.2) is 8.07 Å². The van der Waals surface area contributed by atoms with E-state index in [1.807, 2.05) is 0 Å². The Morgan fingerprint density at radius 3 is 2.40 bits per heavy atom. The molecule has 0 bridgehead atoms. The first-order valence-corrected chi connectivity index (χ1v) is 7.38. The molecule has 0 aliphatic heterocycles. The monoisotopic (exact) mass is 155 g/mol. The zero-order valence-corrected chi connectivity index (χ0v) is 8.48. The fraction of sp³-hybridized carbons (Fsp3) is 0.667. The predicted molar refractivity (Wildman–Crippen MR) is 51.5 cm³/mol. The number of hydrogen-bond donors (Lipinski definition) is 0. The van der Waals surface area contributed by atoms with Crippen molar-refractivity contribution in [2.75, 3.05) is 0 Å². The van der Waals surface area contributed by atoms with E-state index in [2.05, 4.69) is 38.3 Å². The molecule has 0 aromatic carbocycles. The Kier molecular flexibility index (Phi) is 4.70. The lowest BCUT2D eigenvalue weighted by atomic mass is 10.2. The summed E-state index contributed by atoms with van der Waals surface area (Å²) >= 11 is 0. The third kappa shape index (κ3) is 7.96. The number of unbranched alkanes of at least 4 members (excludes halogenated alkanes) is 2. The van der Waals surface area contributed by atoms with Gasteiger partial charge in [0.1, 0.15) is 0 Å². The molecule has 0 unspecified atom stereocenters. The Balaban J connectivity index is 3.37. The molecule has 0 atom stereocenters. The molecule has 0 heterocycles. The van der Waals surface area contributed by atoms with Gasteiger partial charge in [0.05, 0.1) is 8.07 Å². The van der Waals surface area contributed by atoms with Gasteiger partial charge in [-0.15, -0.1) is 0 Å². The standard InChI is InChI=1S/C9H19Si/c1-5-6-7-8-9-10(2,3)4/h8-9H,2,5-7H2,1,3-4H3/b9-8+. The Morgan fingerprint density at radius 2 is 2.00 bits per heavy atom. The summed E-state index contributed by atoms with van der Waals surface area (Å²) in [5, 5.41) is 0. The van der Waals surface area contributed by atoms with Gasteiger partial charge in [-0.3, -0.25) is 0 Å². The molecule has 0 aromatic heterocycles. The van der Waals surface area contributed by atoms with Crippen molar-refractivity contribution in [1.29, 1.82) is 0 Å². The van der Waals surface area contributed by atoms with Crippen LogP contribution in [0.2, 0.25) is 13.1 Å². The molecule has 0 nitrogen and oxygen atoms in total. The second kappa shape index (κ2) is 4.72. The molecular formula is C9H19Si. The zero-order chi connectivity index (χ0) is 8.04. The van der Waals surface area contributed by atoms with Crippen molar-refractivity contribution in [3.8, 4) is 0 Å². The number of rotatable bonds is 4. The lowest BCUT2D eigenvalue weighted by Crippen LogP contribution is -2.16. The van der Waals surface area contributed by atoms with E-state index in [-0.39, 0.29) is 0 Å². The van der Waals surface area contributed by atoms with E-state index in [4.69, 9.17) is 0 Å². The molecule has 10 heavy (non-hydrogen) atoms. The molecular weight excluding hydrogens is 136 g/mol. The van der Waals surface area contributed by atoms with Crippen molar-refractivity contribution in [1.82, 2.24) is 0 Å². The summed E-state index contributed by atoms with van der Waals surface area (Å²) in [5.74, 6) is 0. The van der Waals surface area contributed by atoms with E-state index in [1.54, 1.807) is 0 Å². The molecule has 0 saturated carbocycles. The highest BCUT2D eigenvalue weighted by Crippen LogP contribution is 2.03. The van der Waals surface area contributed by atoms with E-state index >= 15 is 0 Å². The van der Waals surface area contributed by atoms with Gasteiger partial charge in [-0.25, -0.2) is 0 Å². The largest absolute Gasteiger partial charge is 0.0987 e. The van der Waals surface area contributed by atoms with E-state index in [9.17, 15) is 0 Å². The van der Waals surface area contributed by atoms with Crippen LogP contribution < -0.4 is 0 Å². The molecule has 0 fully saturated rings. The van der Waals surface area contributed by atoms with Gasteiger partial charge in [-0.2, -0.15) is 0 Å². The molecule has 0 rings (SSSR count).